The number of nitrogens with zero attached hydrogens (tertiary/aromatic N) is 2. The van der Waals surface area contributed by atoms with E-state index in [0.717, 1.165) is 33.1 Å². The van der Waals surface area contributed by atoms with E-state index in [9.17, 15) is 0 Å². The summed E-state index contributed by atoms with van der Waals surface area (Å²) in [5, 5.41) is 6.16. The van der Waals surface area contributed by atoms with Crippen LogP contribution >= 0.6 is 34.0 Å². The molecule has 254 valence electrons. The summed E-state index contributed by atoms with van der Waals surface area (Å²) in [4.78, 5) is 7.69. The highest BCUT2D eigenvalue weighted by Crippen LogP contribution is 2.47. The molecule has 2 nitrogen and oxygen atoms in total. The number of para-hydroxylation sites is 1. The van der Waals surface area contributed by atoms with E-state index in [4.69, 9.17) is 4.98 Å². The maximum absolute atomic E-state index is 5.26. The fraction of sp³-hybridized carbons (Fsp3) is 0. The highest BCUT2D eigenvalue weighted by Gasteiger charge is 2.20. The minimum atomic E-state index is 1.05. The first-order valence-corrected chi connectivity index (χ1v) is 20.5. The lowest BCUT2D eigenvalue weighted by molar-refractivity contribution is 1.29. The molecule has 0 aliphatic rings. The number of fused-ring (bicyclic) bond motifs is 8. The Labute approximate surface area is 324 Å². The van der Waals surface area contributed by atoms with E-state index in [1.54, 1.807) is 11.3 Å². The molecule has 0 amide bonds. The predicted molar refractivity (Wildman–Crippen MR) is 236 cm³/mol. The van der Waals surface area contributed by atoms with E-state index < -0.39 is 0 Å². The van der Waals surface area contributed by atoms with Crippen LogP contribution in [0.25, 0.3) is 83.4 Å². The van der Waals surface area contributed by atoms with Crippen molar-refractivity contribution in [3.8, 4) is 32.8 Å². The quantitative estimate of drug-likeness (QED) is 0.169. The third kappa shape index (κ3) is 5.16. The van der Waals surface area contributed by atoms with Gasteiger partial charge in [0.15, 0.2) is 0 Å². The summed E-state index contributed by atoms with van der Waals surface area (Å²) in [7, 11) is 0. The Balaban J connectivity index is 1.10. The minimum Gasteiger partial charge on any atom is -0.310 e. The molecule has 3 heterocycles. The number of thiophene rings is 2. The van der Waals surface area contributed by atoms with Gasteiger partial charge in [-0.2, -0.15) is 0 Å². The van der Waals surface area contributed by atoms with Gasteiger partial charge in [0.05, 0.1) is 15.9 Å². The zero-order valence-corrected chi connectivity index (χ0v) is 31.4. The van der Waals surface area contributed by atoms with E-state index in [1.165, 1.54) is 67.3 Å². The number of hydrogen-bond donors (Lipinski definition) is 0. The van der Waals surface area contributed by atoms with Crippen LogP contribution in [0.1, 0.15) is 0 Å². The first-order valence-electron chi connectivity index (χ1n) is 18.0. The second-order valence-electron chi connectivity index (χ2n) is 13.5. The Bertz CT molecular complexity index is 3160. The van der Waals surface area contributed by atoms with Crippen LogP contribution in [0.3, 0.4) is 0 Å². The molecule has 0 saturated carbocycles. The highest BCUT2D eigenvalue weighted by molar-refractivity contribution is 7.27. The van der Waals surface area contributed by atoms with Crippen molar-refractivity contribution >= 4 is 102 Å². The van der Waals surface area contributed by atoms with Crippen molar-refractivity contribution < 1.29 is 0 Å². The zero-order valence-electron chi connectivity index (χ0n) is 28.9. The van der Waals surface area contributed by atoms with Crippen molar-refractivity contribution in [3.63, 3.8) is 0 Å². The molecule has 0 saturated heterocycles. The summed E-state index contributed by atoms with van der Waals surface area (Å²) in [6.07, 6.45) is 0. The van der Waals surface area contributed by atoms with Crippen molar-refractivity contribution in [2.24, 2.45) is 0 Å². The van der Waals surface area contributed by atoms with Gasteiger partial charge in [-0.1, -0.05) is 127 Å². The molecule has 5 heteroatoms. The maximum Gasteiger partial charge on any atom is 0.124 e. The Hall–Kier alpha value is -6.11. The van der Waals surface area contributed by atoms with Crippen molar-refractivity contribution in [2.45, 2.75) is 0 Å². The Morgan fingerprint density at radius 3 is 1.87 bits per heavy atom. The first-order chi connectivity index (χ1) is 26.8. The molecule has 0 bridgehead atoms. The third-order valence-corrected chi connectivity index (χ3v) is 13.8. The fourth-order valence-corrected chi connectivity index (χ4v) is 11.1. The standard InChI is InChI=1S/C49H30N2S3/c1-3-12-31(13-4-1)36-16-7-9-20-41(36)51(34-24-22-32(23-25-34)37-18-11-19-39-38-17-8-10-21-42(38)53-48(37)39)35-26-27-43-40(30-35)46-44(52-43)28-29-45-47(46)50-49(54-45)33-14-5-2-6-15-33/h1-30H. The summed E-state index contributed by atoms with van der Waals surface area (Å²) in [6.45, 7) is 0. The summed E-state index contributed by atoms with van der Waals surface area (Å²) in [6, 6.07) is 66.0. The lowest BCUT2D eigenvalue weighted by Crippen LogP contribution is -2.11. The lowest BCUT2D eigenvalue weighted by Gasteiger charge is -2.28. The van der Waals surface area contributed by atoms with E-state index in [2.05, 4.69) is 187 Å². The second-order valence-corrected chi connectivity index (χ2v) is 16.7. The van der Waals surface area contributed by atoms with E-state index >= 15 is 0 Å². The van der Waals surface area contributed by atoms with Gasteiger partial charge in [0.25, 0.3) is 0 Å². The van der Waals surface area contributed by atoms with Gasteiger partial charge in [0.1, 0.15) is 5.01 Å². The van der Waals surface area contributed by atoms with Gasteiger partial charge in [-0.15, -0.1) is 34.0 Å². The van der Waals surface area contributed by atoms with Crippen LogP contribution in [0, 0.1) is 0 Å². The molecule has 3 aromatic heterocycles. The highest BCUT2D eigenvalue weighted by atomic mass is 32.1. The molecule has 8 aromatic carbocycles. The molecular weight excluding hydrogens is 713 g/mol. The van der Waals surface area contributed by atoms with E-state index in [1.807, 2.05) is 22.7 Å². The van der Waals surface area contributed by atoms with E-state index in [-0.39, 0.29) is 0 Å². The molecule has 11 rings (SSSR count). The van der Waals surface area contributed by atoms with Gasteiger partial charge >= 0.3 is 0 Å². The molecule has 11 aromatic rings. The lowest BCUT2D eigenvalue weighted by atomic mass is 10.00. The summed E-state index contributed by atoms with van der Waals surface area (Å²) < 4.78 is 6.38. The van der Waals surface area contributed by atoms with Crippen molar-refractivity contribution in [2.75, 3.05) is 4.90 Å². The fourth-order valence-electron chi connectivity index (χ4n) is 7.81. The molecule has 0 spiro atoms. The zero-order chi connectivity index (χ0) is 35.6. The maximum atomic E-state index is 5.26. The van der Waals surface area contributed by atoms with Crippen LogP contribution in [-0.4, -0.2) is 4.98 Å². The molecule has 0 fully saturated rings. The van der Waals surface area contributed by atoms with Gasteiger partial charge < -0.3 is 4.90 Å². The summed E-state index contributed by atoms with van der Waals surface area (Å²) in [5.41, 5.74) is 10.4. The SMILES string of the molecule is c1ccc(-c2nc3c(ccc4sc5ccc(N(c6ccc(-c7cccc8c7sc7ccccc78)cc6)c6ccccc6-c6ccccc6)cc5c43)s2)cc1. The van der Waals surface area contributed by atoms with E-state index in [0.29, 0.717) is 0 Å². The third-order valence-electron chi connectivity index (χ3n) is 10.3. The second kappa shape index (κ2) is 12.8. The topological polar surface area (TPSA) is 16.1 Å². The molecule has 0 N–H and O–H groups in total. The van der Waals surface area contributed by atoms with Gasteiger partial charge in [0, 0.05) is 62.8 Å². The van der Waals surface area contributed by atoms with Crippen LogP contribution in [0.5, 0.6) is 0 Å². The van der Waals surface area contributed by atoms with Crippen molar-refractivity contribution in [1.82, 2.24) is 4.98 Å². The molecule has 0 atom stereocenters. The normalized spacial score (nSPS) is 11.7. The molecule has 0 aliphatic carbocycles. The van der Waals surface area contributed by atoms with Crippen LogP contribution in [0.4, 0.5) is 17.1 Å². The molecule has 0 unspecified atom stereocenters. The molecule has 54 heavy (non-hydrogen) atoms. The summed E-state index contributed by atoms with van der Waals surface area (Å²) >= 11 is 5.49. The molecular formula is C49H30N2S3. The van der Waals surface area contributed by atoms with Gasteiger partial charge in [-0.05, 0) is 71.3 Å². The Kier molecular flexibility index (Phi) is 7.44. The number of benzene rings is 8. The number of anilines is 3. The van der Waals surface area contributed by atoms with Gasteiger partial charge in [0.2, 0.25) is 0 Å². The van der Waals surface area contributed by atoms with Crippen LogP contribution in [0.15, 0.2) is 182 Å². The van der Waals surface area contributed by atoms with Gasteiger partial charge in [-0.3, -0.25) is 0 Å². The monoisotopic (exact) mass is 742 g/mol. The molecule has 0 aliphatic heterocycles. The first kappa shape index (κ1) is 31.4. The number of thiazole rings is 1. The summed E-state index contributed by atoms with van der Waals surface area (Å²) in [5.74, 6) is 0. The smallest absolute Gasteiger partial charge is 0.124 e. The number of hydrogen-bond acceptors (Lipinski definition) is 5. The Morgan fingerprint density at radius 1 is 0.389 bits per heavy atom. The minimum absolute atomic E-state index is 1.05. The largest absolute Gasteiger partial charge is 0.310 e. The average molecular weight is 743 g/mol. The van der Waals surface area contributed by atoms with Gasteiger partial charge in [-0.25, -0.2) is 4.98 Å². The predicted octanol–water partition coefficient (Wildman–Crippen LogP) is 15.5. The van der Waals surface area contributed by atoms with Crippen molar-refractivity contribution in [1.29, 1.82) is 0 Å². The number of rotatable bonds is 6. The van der Waals surface area contributed by atoms with Crippen LogP contribution in [-0.2, 0) is 0 Å². The Morgan fingerprint density at radius 2 is 1.02 bits per heavy atom. The average Bonchev–Trinajstić information content (AvgIpc) is 3.95. The van der Waals surface area contributed by atoms with Crippen LogP contribution in [0.2, 0.25) is 0 Å². The van der Waals surface area contributed by atoms with Crippen molar-refractivity contribution in [3.05, 3.63) is 182 Å². The van der Waals surface area contributed by atoms with Crippen LogP contribution < -0.4 is 4.90 Å². The molecule has 0 radical (unpaired) electrons. The number of aromatic nitrogens is 1.